The Morgan fingerprint density at radius 2 is 1.82 bits per heavy atom. The number of aromatic nitrogens is 4. The topological polar surface area (TPSA) is 151 Å². The van der Waals surface area contributed by atoms with Crippen LogP contribution in [0.25, 0.3) is 11.2 Å². The van der Waals surface area contributed by atoms with E-state index in [1.165, 1.54) is 12.7 Å². The molecule has 4 heterocycles. The van der Waals surface area contributed by atoms with E-state index in [1.54, 1.807) is 10.9 Å². The van der Waals surface area contributed by atoms with Crippen molar-refractivity contribution in [1.82, 2.24) is 30.2 Å². The SMILES string of the molecule is CCNC(=O)OC[C@H]1O[C@@H](n2cnc3c(NC(=O)NC4CCCCC4)ncnc32)C2OC3(CCCCC3)OC21. The fraction of sp³-hybridized carbons (Fsp3) is 0.731. The zero-order valence-electron chi connectivity index (χ0n) is 22.3. The monoisotopic (exact) mass is 543 g/mol. The summed E-state index contributed by atoms with van der Waals surface area (Å²) in [6.45, 7) is 2.32. The first-order valence-electron chi connectivity index (χ1n) is 14.2. The van der Waals surface area contributed by atoms with Crippen LogP contribution in [0.5, 0.6) is 0 Å². The molecule has 3 amide bonds. The lowest BCUT2D eigenvalue weighted by Gasteiger charge is -2.34. The summed E-state index contributed by atoms with van der Waals surface area (Å²) < 4.78 is 26.7. The van der Waals surface area contributed by atoms with Crippen LogP contribution in [0.2, 0.25) is 0 Å². The van der Waals surface area contributed by atoms with Crippen LogP contribution >= 0.6 is 0 Å². The zero-order chi connectivity index (χ0) is 26.8. The predicted molar refractivity (Wildman–Crippen MR) is 139 cm³/mol. The minimum Gasteiger partial charge on any atom is -0.447 e. The number of alkyl carbamates (subject to hydrolysis) is 1. The number of imidazole rings is 1. The second kappa shape index (κ2) is 11.2. The number of carbonyl (C=O) groups is 2. The van der Waals surface area contributed by atoms with Gasteiger partial charge in [-0.15, -0.1) is 0 Å². The van der Waals surface area contributed by atoms with Crippen molar-refractivity contribution in [2.75, 3.05) is 18.5 Å². The first kappa shape index (κ1) is 26.2. The van der Waals surface area contributed by atoms with Crippen molar-refractivity contribution in [2.45, 2.75) is 108 Å². The molecule has 2 aromatic heterocycles. The van der Waals surface area contributed by atoms with Crippen LogP contribution in [0, 0.1) is 0 Å². The normalized spacial score (nSPS) is 28.3. The number of hydrogen-bond acceptors (Lipinski definition) is 9. The number of carbonyl (C=O) groups excluding carboxylic acids is 2. The average molecular weight is 544 g/mol. The van der Waals surface area contributed by atoms with Gasteiger partial charge in [0.15, 0.2) is 29.0 Å². The van der Waals surface area contributed by atoms with Gasteiger partial charge in [0.2, 0.25) is 0 Å². The van der Waals surface area contributed by atoms with Gasteiger partial charge in [0.05, 0.1) is 6.33 Å². The molecular formula is C26H37N7O6. The number of rotatable bonds is 6. The van der Waals surface area contributed by atoms with Crippen LogP contribution in [-0.2, 0) is 18.9 Å². The minimum atomic E-state index is -0.658. The molecule has 2 aliphatic carbocycles. The Labute approximate surface area is 226 Å². The van der Waals surface area contributed by atoms with Crippen molar-refractivity contribution in [3.8, 4) is 0 Å². The number of nitrogens with one attached hydrogen (secondary N) is 3. The third-order valence-corrected chi connectivity index (χ3v) is 8.11. The van der Waals surface area contributed by atoms with Crippen LogP contribution in [0.4, 0.5) is 15.4 Å². The number of anilines is 1. The van der Waals surface area contributed by atoms with Gasteiger partial charge in [-0.1, -0.05) is 25.7 Å². The molecule has 2 aliphatic heterocycles. The van der Waals surface area contributed by atoms with Gasteiger partial charge in [0, 0.05) is 25.4 Å². The fourth-order valence-corrected chi connectivity index (χ4v) is 6.24. The smallest absolute Gasteiger partial charge is 0.407 e. The highest BCUT2D eigenvalue weighted by molar-refractivity contribution is 5.96. The highest BCUT2D eigenvalue weighted by Gasteiger charge is 2.59. The Morgan fingerprint density at radius 1 is 1.05 bits per heavy atom. The van der Waals surface area contributed by atoms with E-state index in [0.717, 1.165) is 57.8 Å². The Bertz CT molecular complexity index is 1180. The molecule has 2 unspecified atom stereocenters. The molecule has 4 atom stereocenters. The molecule has 6 rings (SSSR count). The Morgan fingerprint density at radius 3 is 2.62 bits per heavy atom. The summed E-state index contributed by atoms with van der Waals surface area (Å²) in [7, 11) is 0. The lowest BCUT2D eigenvalue weighted by atomic mass is 9.94. The van der Waals surface area contributed by atoms with Crippen molar-refractivity contribution in [1.29, 1.82) is 0 Å². The van der Waals surface area contributed by atoms with Gasteiger partial charge in [-0.3, -0.25) is 9.88 Å². The van der Waals surface area contributed by atoms with E-state index in [0.29, 0.717) is 23.5 Å². The van der Waals surface area contributed by atoms with Crippen molar-refractivity contribution >= 4 is 29.1 Å². The van der Waals surface area contributed by atoms with Crippen molar-refractivity contribution in [3.05, 3.63) is 12.7 Å². The van der Waals surface area contributed by atoms with Crippen LogP contribution in [0.3, 0.4) is 0 Å². The van der Waals surface area contributed by atoms with Crippen molar-refractivity contribution in [3.63, 3.8) is 0 Å². The largest absolute Gasteiger partial charge is 0.447 e. The molecule has 0 bridgehead atoms. The molecule has 4 aliphatic rings. The van der Waals surface area contributed by atoms with Gasteiger partial charge < -0.3 is 29.6 Å². The van der Waals surface area contributed by atoms with Crippen molar-refractivity contribution in [2.24, 2.45) is 0 Å². The first-order valence-corrected chi connectivity index (χ1v) is 14.2. The summed E-state index contributed by atoms with van der Waals surface area (Å²) in [4.78, 5) is 38.0. The maximum atomic E-state index is 12.7. The molecular weight excluding hydrogens is 506 g/mol. The van der Waals surface area contributed by atoms with E-state index in [9.17, 15) is 9.59 Å². The van der Waals surface area contributed by atoms with Gasteiger partial charge in [0.25, 0.3) is 0 Å². The highest BCUT2D eigenvalue weighted by atomic mass is 16.8. The van der Waals surface area contributed by atoms with E-state index in [4.69, 9.17) is 18.9 Å². The number of fused-ring (bicyclic) bond motifs is 2. The average Bonchev–Trinajstić information content (AvgIpc) is 3.61. The van der Waals surface area contributed by atoms with Crippen LogP contribution < -0.4 is 16.0 Å². The number of amides is 3. The van der Waals surface area contributed by atoms with Crippen LogP contribution in [-0.4, -0.2) is 74.9 Å². The predicted octanol–water partition coefficient (Wildman–Crippen LogP) is 3.37. The van der Waals surface area contributed by atoms with Crippen LogP contribution in [0.15, 0.2) is 12.7 Å². The molecule has 13 nitrogen and oxygen atoms in total. The van der Waals surface area contributed by atoms with E-state index in [1.807, 2.05) is 6.92 Å². The number of ether oxygens (including phenoxy) is 4. The molecule has 1 spiro atoms. The summed E-state index contributed by atoms with van der Waals surface area (Å²) in [6.07, 6.45) is 10.8. The molecule has 2 saturated carbocycles. The molecule has 3 N–H and O–H groups in total. The molecule has 0 radical (unpaired) electrons. The van der Waals surface area contributed by atoms with Gasteiger partial charge in [-0.25, -0.2) is 24.5 Å². The molecule has 39 heavy (non-hydrogen) atoms. The quantitative estimate of drug-likeness (QED) is 0.498. The summed E-state index contributed by atoms with van der Waals surface area (Å²) in [5.41, 5.74) is 0.949. The molecule has 2 saturated heterocycles. The molecule has 0 aromatic carbocycles. The first-order chi connectivity index (χ1) is 19.0. The number of hydrogen-bond donors (Lipinski definition) is 3. The Kier molecular flexibility index (Phi) is 7.54. The van der Waals surface area contributed by atoms with Gasteiger partial charge in [-0.2, -0.15) is 0 Å². The molecule has 2 aromatic rings. The van der Waals surface area contributed by atoms with Crippen LogP contribution in [0.1, 0.15) is 77.4 Å². The lowest BCUT2D eigenvalue weighted by molar-refractivity contribution is -0.232. The Balaban J connectivity index is 1.22. The zero-order valence-corrected chi connectivity index (χ0v) is 22.3. The minimum absolute atomic E-state index is 0.0265. The number of nitrogens with zero attached hydrogens (tertiary/aromatic N) is 4. The Hall–Kier alpha value is -3.03. The summed E-state index contributed by atoms with van der Waals surface area (Å²) in [5.74, 6) is -0.334. The second-order valence-corrected chi connectivity index (χ2v) is 10.8. The highest BCUT2D eigenvalue weighted by Crippen LogP contribution is 2.49. The summed E-state index contributed by atoms with van der Waals surface area (Å²) in [5, 5.41) is 8.52. The molecule has 13 heteroatoms. The molecule has 4 fully saturated rings. The maximum Gasteiger partial charge on any atom is 0.407 e. The third-order valence-electron chi connectivity index (χ3n) is 8.11. The van der Waals surface area contributed by atoms with E-state index >= 15 is 0 Å². The summed E-state index contributed by atoms with van der Waals surface area (Å²) in [6, 6.07) is -0.134. The van der Waals surface area contributed by atoms with Crippen molar-refractivity contribution < 1.29 is 28.5 Å². The van der Waals surface area contributed by atoms with E-state index < -0.39 is 36.4 Å². The molecule has 212 valence electrons. The van der Waals surface area contributed by atoms with Gasteiger partial charge in [-0.05, 0) is 32.6 Å². The number of urea groups is 1. The summed E-state index contributed by atoms with van der Waals surface area (Å²) >= 11 is 0. The van der Waals surface area contributed by atoms with E-state index in [-0.39, 0.29) is 18.7 Å². The lowest BCUT2D eigenvalue weighted by Crippen LogP contribution is -2.39. The standard InChI is InChI=1S/C26H37N7O6/c1-2-27-25(35)36-13-17-19-20(39-26(38-19)11-7-4-8-12-26)23(37-17)33-15-30-18-21(28-14-29-22(18)33)32-24(34)31-16-9-5-3-6-10-16/h14-17,19-20,23H,2-13H2,1H3,(H,27,35)(H2,28,29,31,32,34)/t17-,19?,20?,23-/m1/s1. The fourth-order valence-electron chi connectivity index (χ4n) is 6.24. The maximum absolute atomic E-state index is 12.7. The van der Waals surface area contributed by atoms with Gasteiger partial charge >= 0.3 is 12.1 Å². The second-order valence-electron chi connectivity index (χ2n) is 10.8. The third kappa shape index (κ3) is 5.39. The van der Waals surface area contributed by atoms with E-state index in [2.05, 4.69) is 30.9 Å². The van der Waals surface area contributed by atoms with Gasteiger partial charge in [0.1, 0.15) is 31.2 Å².